The fraction of sp³-hybridized carbons (Fsp3) is 0.0667. The van der Waals surface area contributed by atoms with Crippen LogP contribution in [0.2, 0.25) is 0 Å². The number of hydrogen-bond donors (Lipinski definition) is 3. The van der Waals surface area contributed by atoms with E-state index in [1.807, 2.05) is 0 Å². The highest BCUT2D eigenvalue weighted by Gasteiger charge is 2.05. The number of hydrazone groups is 1. The maximum atomic E-state index is 12.2. The Morgan fingerprint density at radius 2 is 1.78 bits per heavy atom. The van der Waals surface area contributed by atoms with Gasteiger partial charge in [-0.05, 0) is 66.3 Å². The van der Waals surface area contributed by atoms with Crippen LogP contribution in [0.25, 0.3) is 0 Å². The Morgan fingerprint density at radius 1 is 1.13 bits per heavy atom. The second-order valence-electron chi connectivity index (χ2n) is 4.32. The number of benzene rings is 2. The largest absolute Gasteiger partial charge is 0.508 e. The number of aromatic hydroxyl groups is 1. The Hall–Kier alpha value is -2.19. The van der Waals surface area contributed by atoms with Crippen molar-refractivity contribution in [3.63, 3.8) is 0 Å². The molecule has 0 bridgehead atoms. The summed E-state index contributed by atoms with van der Waals surface area (Å²) in [5.74, 6) is -2.26. The van der Waals surface area contributed by atoms with Crippen LogP contribution in [-0.2, 0) is 0 Å². The number of alkyl halides is 2. The van der Waals surface area contributed by atoms with Gasteiger partial charge in [-0.25, -0.2) is 0 Å². The van der Waals surface area contributed by atoms with Crippen molar-refractivity contribution < 1.29 is 13.9 Å². The molecule has 0 amide bonds. The fourth-order valence-electron chi connectivity index (χ4n) is 1.60. The first-order valence-corrected chi connectivity index (χ1v) is 7.76. The molecule has 4 nitrogen and oxygen atoms in total. The van der Waals surface area contributed by atoms with Gasteiger partial charge in [0.25, 0.3) is 5.76 Å². The van der Waals surface area contributed by atoms with Crippen molar-refractivity contribution in [2.75, 3.05) is 5.32 Å². The minimum Gasteiger partial charge on any atom is -0.508 e. The predicted octanol–water partition coefficient (Wildman–Crippen LogP) is 4.03. The molecule has 2 rings (SSSR count). The van der Waals surface area contributed by atoms with Gasteiger partial charge in [-0.1, -0.05) is 11.8 Å². The molecule has 0 heterocycles. The lowest BCUT2D eigenvalue weighted by molar-refractivity contribution is 0.252. The SMILES string of the molecule is Oc1ccc(/C=N/NC(=S)Nc2ccc(SC(F)F)cc2)cc1. The molecule has 2 aromatic rings. The van der Waals surface area contributed by atoms with Crippen molar-refractivity contribution in [1.29, 1.82) is 0 Å². The van der Waals surface area contributed by atoms with Crippen LogP contribution in [0.3, 0.4) is 0 Å². The first-order valence-electron chi connectivity index (χ1n) is 6.47. The summed E-state index contributed by atoms with van der Waals surface area (Å²) in [5.41, 5.74) is 4.11. The van der Waals surface area contributed by atoms with E-state index in [0.29, 0.717) is 22.3 Å². The summed E-state index contributed by atoms with van der Waals surface area (Å²) >= 11 is 5.56. The minimum absolute atomic E-state index is 0.181. The third-order valence-corrected chi connectivity index (χ3v) is 3.53. The molecule has 23 heavy (non-hydrogen) atoms. The van der Waals surface area contributed by atoms with E-state index in [9.17, 15) is 8.78 Å². The maximum absolute atomic E-state index is 12.2. The predicted molar refractivity (Wildman–Crippen MR) is 93.4 cm³/mol. The van der Waals surface area contributed by atoms with Gasteiger partial charge < -0.3 is 10.4 Å². The van der Waals surface area contributed by atoms with Crippen molar-refractivity contribution in [2.45, 2.75) is 10.7 Å². The van der Waals surface area contributed by atoms with Gasteiger partial charge in [0.1, 0.15) is 5.75 Å². The summed E-state index contributed by atoms with van der Waals surface area (Å²) in [5, 5.41) is 16.3. The van der Waals surface area contributed by atoms with Crippen LogP contribution >= 0.6 is 24.0 Å². The summed E-state index contributed by atoms with van der Waals surface area (Å²) in [7, 11) is 0. The van der Waals surface area contributed by atoms with Crippen LogP contribution < -0.4 is 10.7 Å². The van der Waals surface area contributed by atoms with Crippen LogP contribution in [0.5, 0.6) is 5.75 Å². The summed E-state index contributed by atoms with van der Waals surface area (Å²) in [6.45, 7) is 0. The van der Waals surface area contributed by atoms with E-state index in [-0.39, 0.29) is 10.9 Å². The quantitative estimate of drug-likeness (QED) is 0.328. The zero-order valence-corrected chi connectivity index (χ0v) is 13.4. The zero-order valence-electron chi connectivity index (χ0n) is 11.7. The number of anilines is 1. The monoisotopic (exact) mass is 353 g/mol. The molecule has 2 aromatic carbocycles. The van der Waals surface area contributed by atoms with Crippen molar-refractivity contribution >= 4 is 41.0 Å². The van der Waals surface area contributed by atoms with Gasteiger partial charge in [-0.2, -0.15) is 13.9 Å². The highest BCUT2D eigenvalue weighted by Crippen LogP contribution is 2.26. The molecule has 0 aliphatic heterocycles. The third kappa shape index (κ3) is 6.21. The number of hydrogen-bond acceptors (Lipinski definition) is 4. The Bertz CT molecular complexity index is 676. The van der Waals surface area contributed by atoms with E-state index in [4.69, 9.17) is 17.3 Å². The lowest BCUT2D eigenvalue weighted by Gasteiger charge is -2.07. The number of thiocarbonyl (C=S) groups is 1. The summed E-state index contributed by atoms with van der Waals surface area (Å²) in [4.78, 5) is 0.481. The number of nitrogens with zero attached hydrogens (tertiary/aromatic N) is 1. The second kappa shape index (κ2) is 8.44. The molecule has 8 heteroatoms. The lowest BCUT2D eigenvalue weighted by Crippen LogP contribution is -2.23. The summed E-state index contributed by atoms with van der Waals surface area (Å²) < 4.78 is 24.4. The zero-order chi connectivity index (χ0) is 16.7. The molecule has 0 saturated carbocycles. The number of halogens is 2. The Balaban J connectivity index is 1.83. The third-order valence-electron chi connectivity index (χ3n) is 2.61. The van der Waals surface area contributed by atoms with Crippen LogP contribution in [0, 0.1) is 0 Å². The molecular formula is C15H13F2N3OS2. The van der Waals surface area contributed by atoms with Crippen molar-refractivity contribution in [2.24, 2.45) is 5.10 Å². The topological polar surface area (TPSA) is 56.7 Å². The molecule has 0 atom stereocenters. The standard InChI is InChI=1S/C15H13F2N3OS2/c16-14(17)23-13-7-3-11(4-8-13)19-15(22)20-18-9-10-1-5-12(21)6-2-10/h1-9,14,21H,(H2,19,20,22)/b18-9+. The highest BCUT2D eigenvalue weighted by molar-refractivity contribution is 7.99. The van der Waals surface area contributed by atoms with E-state index in [1.165, 1.54) is 0 Å². The van der Waals surface area contributed by atoms with Gasteiger partial charge in [0.15, 0.2) is 5.11 Å². The number of nitrogens with one attached hydrogen (secondary N) is 2. The highest BCUT2D eigenvalue weighted by atomic mass is 32.2. The van der Waals surface area contributed by atoms with Crippen molar-refractivity contribution in [3.8, 4) is 5.75 Å². The Morgan fingerprint density at radius 3 is 2.39 bits per heavy atom. The van der Waals surface area contributed by atoms with Gasteiger partial charge in [0.05, 0.1) is 6.21 Å². The van der Waals surface area contributed by atoms with Gasteiger partial charge in [-0.3, -0.25) is 5.43 Å². The minimum atomic E-state index is -2.44. The Kier molecular flexibility index (Phi) is 6.30. The molecule has 0 aliphatic carbocycles. The maximum Gasteiger partial charge on any atom is 0.288 e. The van der Waals surface area contributed by atoms with E-state index in [2.05, 4.69) is 15.8 Å². The van der Waals surface area contributed by atoms with Crippen LogP contribution in [0.15, 0.2) is 58.5 Å². The molecule has 0 aromatic heterocycles. The molecule has 0 aliphatic rings. The average Bonchev–Trinajstić information content (AvgIpc) is 2.51. The first-order chi connectivity index (χ1) is 11.0. The Labute approximate surface area is 141 Å². The molecule has 0 spiro atoms. The van der Waals surface area contributed by atoms with Gasteiger partial charge in [0.2, 0.25) is 0 Å². The average molecular weight is 353 g/mol. The number of phenolic OH excluding ortho intramolecular Hbond substituents is 1. The van der Waals surface area contributed by atoms with Crippen molar-refractivity contribution in [3.05, 3.63) is 54.1 Å². The molecule has 0 fully saturated rings. The molecule has 0 radical (unpaired) electrons. The summed E-state index contributed by atoms with van der Waals surface area (Å²) in [6.07, 6.45) is 1.55. The lowest BCUT2D eigenvalue weighted by atomic mass is 10.2. The molecule has 3 N–H and O–H groups in total. The molecule has 0 saturated heterocycles. The number of rotatable bonds is 5. The number of phenols is 1. The van der Waals surface area contributed by atoms with Crippen molar-refractivity contribution in [1.82, 2.24) is 5.43 Å². The van der Waals surface area contributed by atoms with Crippen LogP contribution in [0.4, 0.5) is 14.5 Å². The van der Waals surface area contributed by atoms with E-state index in [0.717, 1.165) is 5.56 Å². The van der Waals surface area contributed by atoms with E-state index < -0.39 is 5.76 Å². The molecule has 0 unspecified atom stereocenters. The van der Waals surface area contributed by atoms with E-state index >= 15 is 0 Å². The first kappa shape index (κ1) is 17.2. The van der Waals surface area contributed by atoms with Crippen LogP contribution in [-0.4, -0.2) is 22.2 Å². The summed E-state index contributed by atoms with van der Waals surface area (Å²) in [6, 6.07) is 13.0. The van der Waals surface area contributed by atoms with Crippen LogP contribution in [0.1, 0.15) is 5.56 Å². The second-order valence-corrected chi connectivity index (χ2v) is 5.79. The van der Waals surface area contributed by atoms with Gasteiger partial charge in [-0.15, -0.1) is 0 Å². The molecular weight excluding hydrogens is 340 g/mol. The fourth-order valence-corrected chi connectivity index (χ4v) is 2.27. The number of thioether (sulfide) groups is 1. The van der Waals surface area contributed by atoms with Gasteiger partial charge >= 0.3 is 0 Å². The molecule has 120 valence electrons. The normalized spacial score (nSPS) is 10.9. The van der Waals surface area contributed by atoms with E-state index in [1.54, 1.807) is 54.7 Å². The van der Waals surface area contributed by atoms with Gasteiger partial charge in [0, 0.05) is 10.6 Å². The smallest absolute Gasteiger partial charge is 0.288 e.